The summed E-state index contributed by atoms with van der Waals surface area (Å²) < 4.78 is 17.4. The van der Waals surface area contributed by atoms with Gasteiger partial charge < -0.3 is 14.2 Å². The van der Waals surface area contributed by atoms with Crippen LogP contribution in [-0.2, 0) is 4.74 Å². The van der Waals surface area contributed by atoms with Gasteiger partial charge in [-0.15, -0.1) is 0 Å². The van der Waals surface area contributed by atoms with Gasteiger partial charge in [0, 0.05) is 0 Å². The van der Waals surface area contributed by atoms with Crippen molar-refractivity contribution >= 4 is 0 Å². The summed E-state index contributed by atoms with van der Waals surface area (Å²) in [5.74, 6) is 2.94. The van der Waals surface area contributed by atoms with Crippen LogP contribution in [0.1, 0.15) is 83.3 Å². The first-order chi connectivity index (χ1) is 14.1. The largest absolute Gasteiger partial charge is 0.491 e. The number of ether oxygens (including phenoxy) is 3. The molecule has 0 heterocycles. The summed E-state index contributed by atoms with van der Waals surface area (Å²) in [6.07, 6.45) is 4.47. The summed E-state index contributed by atoms with van der Waals surface area (Å²) in [5, 5.41) is 0. The van der Waals surface area contributed by atoms with Crippen molar-refractivity contribution in [2.75, 3.05) is 13.2 Å². The third-order valence-electron chi connectivity index (χ3n) is 5.55. The van der Waals surface area contributed by atoms with E-state index in [0.717, 1.165) is 17.9 Å². The van der Waals surface area contributed by atoms with E-state index in [1.54, 1.807) is 0 Å². The molecule has 160 valence electrons. The fourth-order valence-electron chi connectivity index (χ4n) is 3.50. The topological polar surface area (TPSA) is 27.7 Å². The minimum atomic E-state index is -0.310. The Balaban J connectivity index is 1.70. The zero-order valence-electron chi connectivity index (χ0n) is 18.8. The number of rotatable bonds is 13. The Morgan fingerprint density at radius 1 is 0.724 bits per heavy atom. The van der Waals surface area contributed by atoms with Gasteiger partial charge in [0.2, 0.25) is 0 Å². The zero-order valence-corrected chi connectivity index (χ0v) is 18.8. The molecule has 0 saturated heterocycles. The Morgan fingerprint density at radius 3 is 1.93 bits per heavy atom. The Morgan fingerprint density at radius 2 is 1.34 bits per heavy atom. The van der Waals surface area contributed by atoms with Crippen molar-refractivity contribution in [1.82, 2.24) is 0 Å². The van der Waals surface area contributed by atoms with Crippen LogP contribution in [0, 0.1) is 0 Å². The lowest BCUT2D eigenvalue weighted by molar-refractivity contribution is -0.0739. The summed E-state index contributed by atoms with van der Waals surface area (Å²) in [6.45, 7) is 11.8. The van der Waals surface area contributed by atoms with Gasteiger partial charge in [-0.25, -0.2) is 0 Å². The maximum atomic E-state index is 5.83. The molecule has 3 atom stereocenters. The summed E-state index contributed by atoms with van der Waals surface area (Å²) in [6, 6.07) is 16.8. The lowest BCUT2D eigenvalue weighted by atomic mass is 9.92. The van der Waals surface area contributed by atoms with Gasteiger partial charge in [0.25, 0.3) is 0 Å². The van der Waals surface area contributed by atoms with E-state index in [0.29, 0.717) is 25.0 Å². The van der Waals surface area contributed by atoms with Crippen molar-refractivity contribution in [3.05, 3.63) is 59.7 Å². The molecule has 0 saturated carbocycles. The maximum absolute atomic E-state index is 5.83. The number of benzene rings is 2. The molecule has 0 radical (unpaired) electrons. The molecule has 0 N–H and O–H groups in total. The van der Waals surface area contributed by atoms with E-state index in [9.17, 15) is 0 Å². The molecule has 0 aliphatic heterocycles. The quantitative estimate of drug-likeness (QED) is 0.261. The minimum absolute atomic E-state index is 0.310. The van der Waals surface area contributed by atoms with Crippen LogP contribution in [0.2, 0.25) is 0 Å². The van der Waals surface area contributed by atoms with Crippen molar-refractivity contribution in [1.29, 1.82) is 0 Å². The number of hydrogen-bond acceptors (Lipinski definition) is 3. The highest BCUT2D eigenvalue weighted by atomic mass is 16.7. The molecule has 0 fully saturated rings. The predicted octanol–water partition coefficient (Wildman–Crippen LogP) is 7.31. The first kappa shape index (κ1) is 23.3. The van der Waals surface area contributed by atoms with E-state index >= 15 is 0 Å². The first-order valence-electron chi connectivity index (χ1n) is 11.2. The smallest absolute Gasteiger partial charge is 0.197 e. The molecule has 0 bridgehead atoms. The Kier molecular flexibility index (Phi) is 10.1. The van der Waals surface area contributed by atoms with Crippen LogP contribution in [0.25, 0.3) is 0 Å². The molecular weight excluding hydrogens is 360 g/mol. The molecule has 3 heteroatoms. The van der Waals surface area contributed by atoms with Crippen LogP contribution in [0.4, 0.5) is 0 Å². The SMILES string of the molecule is CCCC(CC)c1ccc(OCCOC(C)Oc2ccc(C(C)CC)cc2)cc1. The highest BCUT2D eigenvalue weighted by Gasteiger charge is 2.09. The second kappa shape index (κ2) is 12.5. The number of hydrogen-bond donors (Lipinski definition) is 0. The Hall–Kier alpha value is -2.00. The van der Waals surface area contributed by atoms with Gasteiger partial charge in [-0.2, -0.15) is 0 Å². The van der Waals surface area contributed by atoms with E-state index in [1.165, 1.54) is 30.4 Å². The molecule has 0 spiro atoms. The average molecular weight is 399 g/mol. The monoisotopic (exact) mass is 398 g/mol. The van der Waals surface area contributed by atoms with Gasteiger partial charge in [-0.05, 0) is 73.4 Å². The maximum Gasteiger partial charge on any atom is 0.197 e. The van der Waals surface area contributed by atoms with Crippen LogP contribution in [0.15, 0.2) is 48.5 Å². The fourth-order valence-corrected chi connectivity index (χ4v) is 3.50. The van der Waals surface area contributed by atoms with E-state index in [2.05, 4.69) is 64.1 Å². The van der Waals surface area contributed by atoms with E-state index in [-0.39, 0.29) is 6.29 Å². The lowest BCUT2D eigenvalue weighted by Gasteiger charge is -2.17. The van der Waals surface area contributed by atoms with Crippen molar-refractivity contribution in [2.24, 2.45) is 0 Å². The zero-order chi connectivity index (χ0) is 21.1. The second-order valence-electron chi connectivity index (χ2n) is 7.75. The van der Waals surface area contributed by atoms with Gasteiger partial charge in [0.05, 0.1) is 6.61 Å². The molecule has 0 aromatic heterocycles. The van der Waals surface area contributed by atoms with Crippen LogP contribution >= 0.6 is 0 Å². The summed E-state index contributed by atoms with van der Waals surface area (Å²) in [5.41, 5.74) is 2.74. The van der Waals surface area contributed by atoms with Crippen LogP contribution in [0.3, 0.4) is 0 Å². The van der Waals surface area contributed by atoms with Crippen LogP contribution in [-0.4, -0.2) is 19.5 Å². The first-order valence-corrected chi connectivity index (χ1v) is 11.2. The molecule has 2 aromatic rings. The average Bonchev–Trinajstić information content (AvgIpc) is 2.75. The minimum Gasteiger partial charge on any atom is -0.491 e. The highest BCUT2D eigenvalue weighted by Crippen LogP contribution is 2.26. The third-order valence-corrected chi connectivity index (χ3v) is 5.55. The summed E-state index contributed by atoms with van der Waals surface area (Å²) in [4.78, 5) is 0. The molecule has 3 nitrogen and oxygen atoms in total. The summed E-state index contributed by atoms with van der Waals surface area (Å²) >= 11 is 0. The lowest BCUT2D eigenvalue weighted by Crippen LogP contribution is -2.19. The van der Waals surface area contributed by atoms with Crippen molar-refractivity contribution in [3.8, 4) is 11.5 Å². The fraction of sp³-hybridized carbons (Fsp3) is 0.538. The van der Waals surface area contributed by atoms with Gasteiger partial charge in [0.15, 0.2) is 6.29 Å². The highest BCUT2D eigenvalue weighted by molar-refractivity contribution is 5.30. The predicted molar refractivity (Wildman–Crippen MR) is 121 cm³/mol. The van der Waals surface area contributed by atoms with Crippen molar-refractivity contribution in [2.45, 2.75) is 78.4 Å². The molecule has 29 heavy (non-hydrogen) atoms. The van der Waals surface area contributed by atoms with Crippen LogP contribution in [0.5, 0.6) is 11.5 Å². The summed E-state index contributed by atoms with van der Waals surface area (Å²) in [7, 11) is 0. The molecule has 2 rings (SSSR count). The van der Waals surface area contributed by atoms with E-state index in [4.69, 9.17) is 14.2 Å². The van der Waals surface area contributed by atoms with Gasteiger partial charge in [-0.1, -0.05) is 58.4 Å². The third kappa shape index (κ3) is 7.74. The van der Waals surface area contributed by atoms with E-state index in [1.807, 2.05) is 19.1 Å². The molecule has 0 aliphatic rings. The normalized spacial score (nSPS) is 14.2. The standard InChI is InChI=1S/C26H38O3/c1-6-9-22(8-3)24-12-14-25(15-13-24)28-19-18-27-21(5)29-26-16-10-23(11-17-26)20(4)7-2/h10-17,20-22H,6-9,18-19H2,1-5H3. The van der Waals surface area contributed by atoms with E-state index < -0.39 is 0 Å². The molecule has 0 aliphatic carbocycles. The van der Waals surface area contributed by atoms with Crippen molar-refractivity contribution < 1.29 is 14.2 Å². The Bertz CT molecular complexity index is 678. The second-order valence-corrected chi connectivity index (χ2v) is 7.75. The van der Waals surface area contributed by atoms with Gasteiger partial charge in [-0.3, -0.25) is 0 Å². The Labute approximate surface area is 177 Å². The molecule has 3 unspecified atom stereocenters. The molecular formula is C26H38O3. The van der Waals surface area contributed by atoms with Crippen molar-refractivity contribution in [3.63, 3.8) is 0 Å². The van der Waals surface area contributed by atoms with Crippen LogP contribution < -0.4 is 9.47 Å². The van der Waals surface area contributed by atoms with Gasteiger partial charge >= 0.3 is 0 Å². The van der Waals surface area contributed by atoms with Gasteiger partial charge in [0.1, 0.15) is 18.1 Å². The molecule has 2 aromatic carbocycles. The molecule has 0 amide bonds.